The molecule has 0 spiro atoms. The average molecular weight is 1470 g/mol. The van der Waals surface area contributed by atoms with Gasteiger partial charge in [0.25, 0.3) is 5.56 Å². The minimum absolute atomic E-state index is 0.0168. The van der Waals surface area contributed by atoms with Crippen molar-refractivity contribution in [1.29, 1.82) is 0 Å². The van der Waals surface area contributed by atoms with Gasteiger partial charge in [-0.05, 0) is 62.3 Å². The maximum Gasteiger partial charge on any atom is 0.343 e. The predicted molar refractivity (Wildman–Crippen MR) is 366 cm³/mol. The Morgan fingerprint density at radius 1 is 0.680 bits per heavy atom. The first kappa shape index (κ1) is 81.9. The van der Waals surface area contributed by atoms with Crippen molar-refractivity contribution in [2.45, 2.75) is 108 Å². The highest BCUT2D eigenvalue weighted by atomic mass is 32.2. The lowest BCUT2D eigenvalue weighted by atomic mass is 9.86. The molecule has 35 heteroatoms. The molecule has 4 aromatic rings. The number of hydrogen-bond acceptors (Lipinski definition) is 27. The molecule has 34 nitrogen and oxygen atoms in total. The van der Waals surface area contributed by atoms with Gasteiger partial charge in [-0.3, -0.25) is 33.6 Å². The molecule has 6 heterocycles. The van der Waals surface area contributed by atoms with E-state index in [-0.39, 0.29) is 81.3 Å². The molecule has 0 unspecified atom stereocenters. The van der Waals surface area contributed by atoms with Crippen molar-refractivity contribution < 1.29 is 104 Å². The molecule has 3 atom stereocenters. The van der Waals surface area contributed by atoms with E-state index in [9.17, 15) is 51.9 Å². The molecular weight excluding hydrogens is 1370 g/mol. The molecule has 9 N–H and O–H groups in total. The highest BCUT2D eigenvalue weighted by Gasteiger charge is 2.46. The second kappa shape index (κ2) is 43.0. The van der Waals surface area contributed by atoms with Crippen LogP contribution in [0.5, 0.6) is 11.5 Å². The first-order valence-corrected chi connectivity index (χ1v) is 36.1. The zero-order valence-electron chi connectivity index (χ0n) is 58.7. The number of ether oxygens (including phenoxy) is 12. The lowest BCUT2D eigenvalue weighted by Gasteiger charge is -2.31. The molecule has 7 rings (SSSR count). The van der Waals surface area contributed by atoms with E-state index in [1.807, 2.05) is 0 Å². The molecule has 6 amide bonds. The fourth-order valence-electron chi connectivity index (χ4n) is 10.7. The van der Waals surface area contributed by atoms with Crippen LogP contribution in [0.25, 0.3) is 22.3 Å². The topological polar surface area (TPSA) is 443 Å². The number of esters is 1. The quantitative estimate of drug-likeness (QED) is 0.0101. The van der Waals surface area contributed by atoms with Gasteiger partial charge < -0.3 is 104 Å². The number of carbonyl (C=O) groups excluding carboxylic acids is 7. The number of nitrogens with zero attached hydrogens (tertiary/aromatic N) is 4. The van der Waals surface area contributed by atoms with Gasteiger partial charge >= 0.3 is 5.97 Å². The van der Waals surface area contributed by atoms with E-state index in [4.69, 9.17) is 67.6 Å². The number of hydrogen-bond donors (Lipinski definition) is 8. The second-order valence-electron chi connectivity index (χ2n) is 24.1. The third-order valence-electron chi connectivity index (χ3n) is 16.1. The monoisotopic (exact) mass is 1470 g/mol. The van der Waals surface area contributed by atoms with Crippen LogP contribution in [0.2, 0.25) is 0 Å². The zero-order valence-corrected chi connectivity index (χ0v) is 59.5. The number of sulfone groups is 1. The number of aromatic nitrogens is 4. The van der Waals surface area contributed by atoms with Crippen LogP contribution in [0.1, 0.15) is 93.5 Å². The number of nitrogens with one attached hydrogen (secondary N) is 6. The third-order valence-corrected chi connectivity index (χ3v) is 17.0. The number of rotatable bonds is 49. The molecule has 0 fully saturated rings. The lowest BCUT2D eigenvalue weighted by Crippen LogP contribution is -2.56. The minimum Gasteiger partial charge on any atom is -0.458 e. The largest absolute Gasteiger partial charge is 0.458 e. The second-order valence-corrected chi connectivity index (χ2v) is 26.1. The van der Waals surface area contributed by atoms with Gasteiger partial charge in [0.2, 0.25) is 57.2 Å². The number of unbranched alkanes of at least 4 members (excludes halogenated alkanes) is 2. The van der Waals surface area contributed by atoms with Crippen molar-refractivity contribution in [3.05, 3.63) is 68.8 Å². The highest BCUT2D eigenvalue weighted by Crippen LogP contribution is 2.43. The Bertz CT molecular complexity index is 3740. The number of benzene rings is 1. The van der Waals surface area contributed by atoms with Gasteiger partial charge in [0.05, 0.1) is 147 Å². The number of pyridine rings is 2. The molecule has 103 heavy (non-hydrogen) atoms. The van der Waals surface area contributed by atoms with Crippen LogP contribution in [0.3, 0.4) is 0 Å². The van der Waals surface area contributed by atoms with Crippen LogP contribution >= 0.6 is 0 Å². The molecule has 566 valence electrons. The van der Waals surface area contributed by atoms with Crippen molar-refractivity contribution in [1.82, 2.24) is 51.4 Å². The summed E-state index contributed by atoms with van der Waals surface area (Å²) in [6.07, 6.45) is 6.21. The highest BCUT2D eigenvalue weighted by molar-refractivity contribution is 7.90. The van der Waals surface area contributed by atoms with Gasteiger partial charge in [-0.2, -0.15) is 0 Å². The number of carbonyl (C=O) groups is 7. The third kappa shape index (κ3) is 26.1. The smallest absolute Gasteiger partial charge is 0.343 e. The summed E-state index contributed by atoms with van der Waals surface area (Å²) < 4.78 is 90.2. The Hall–Kier alpha value is -8.38. The Balaban J connectivity index is 0.661. The maximum atomic E-state index is 14.0. The number of amides is 6. The SMILES string of the molecule is CC[C@@]1(O)C(=O)OCc2c1cc1n(c2=O)Cc2c-1nc1cc3c(cc1c2CNC(=O)CNC(=O)[C@H](CCCCN)NC(=O)[C@@H](NC(=O)COCC(=O)NCCOCCOCCOCCOCCOCCOCCOCCOCCNC(=O)CCCC#Cc1cnc(S(C)(=O)=O)nc1)C(C)C)OCO3. The molecule has 0 saturated carbocycles. The zero-order chi connectivity index (χ0) is 74.0. The minimum atomic E-state index is -3.47. The van der Waals surface area contributed by atoms with Crippen molar-refractivity contribution in [3.63, 3.8) is 0 Å². The van der Waals surface area contributed by atoms with Gasteiger partial charge in [-0.25, -0.2) is 28.2 Å². The Labute approximate surface area is 596 Å². The summed E-state index contributed by atoms with van der Waals surface area (Å²) in [6, 6.07) is 2.78. The van der Waals surface area contributed by atoms with E-state index >= 15 is 0 Å². The Morgan fingerprint density at radius 2 is 1.25 bits per heavy atom. The number of fused-ring (bicyclic) bond motifs is 6. The van der Waals surface area contributed by atoms with Gasteiger partial charge in [-0.15, -0.1) is 0 Å². The van der Waals surface area contributed by atoms with Crippen LogP contribution in [-0.2, 0) is 116 Å². The molecule has 0 radical (unpaired) electrons. The molecule has 1 aromatic carbocycles. The van der Waals surface area contributed by atoms with E-state index < -0.39 is 94.3 Å². The molecule has 3 aliphatic rings. The summed E-state index contributed by atoms with van der Waals surface area (Å²) in [5, 5.41) is 28.0. The molecule has 3 aromatic heterocycles. The molecule has 0 bridgehead atoms. The predicted octanol–water partition coefficient (Wildman–Crippen LogP) is -0.907. The van der Waals surface area contributed by atoms with Crippen LogP contribution in [0.4, 0.5) is 0 Å². The molecule has 0 aliphatic carbocycles. The fourth-order valence-corrected chi connectivity index (χ4v) is 11.2. The number of nitrogens with two attached hydrogens (primary N) is 1. The van der Waals surface area contributed by atoms with Crippen LogP contribution < -0.4 is 52.7 Å². The van der Waals surface area contributed by atoms with E-state index in [0.717, 1.165) is 6.26 Å². The summed E-state index contributed by atoms with van der Waals surface area (Å²) in [5.74, 6) is 2.16. The van der Waals surface area contributed by atoms with Crippen LogP contribution in [0.15, 0.2) is 40.5 Å². The van der Waals surface area contributed by atoms with Gasteiger partial charge in [0.15, 0.2) is 17.1 Å². The maximum absolute atomic E-state index is 14.0. The van der Waals surface area contributed by atoms with Crippen molar-refractivity contribution in [2.24, 2.45) is 11.7 Å². The Morgan fingerprint density at radius 3 is 1.83 bits per heavy atom. The van der Waals surface area contributed by atoms with E-state index in [0.29, 0.717) is 188 Å². The molecule has 0 saturated heterocycles. The fraction of sp³-hybridized carbons (Fsp3) is 0.603. The molecular formula is C68H95N11O23S. The van der Waals surface area contributed by atoms with Gasteiger partial charge in [0, 0.05) is 73.7 Å². The standard InChI is InChI=1S/C68H95N11O23S/c1-5-68(88)51-34-54-62-49(40-79(54)65(86)50(51)41-100-66(68)87)48(47-33-55-56(102-44-101-55)35-53(47)76-62)38-72-58(81)39-73-63(84)52(12-9-10-14-69)77-64(85)61(45(2)3)78-60(83)43-99-42-59(82)71-16-18-92-20-22-94-24-26-96-28-30-98-32-31-97-29-27-95-25-23-93-21-19-91-17-15-70-57(80)13-8-6-7-11-46-36-74-67(75-37-46)103(4,89)90/h33-37,45,52,61,88H,5-6,8-10,12-32,38-44,69H2,1-4H3,(H,70,80)(H,71,82)(H,72,81)(H,73,84)(H,77,85)(H,78,83)/t52-,61-,68-/m0/s1. The van der Waals surface area contributed by atoms with E-state index in [2.05, 4.69) is 53.7 Å². The summed E-state index contributed by atoms with van der Waals surface area (Å²) >= 11 is 0. The van der Waals surface area contributed by atoms with E-state index in [1.165, 1.54) is 17.0 Å². The summed E-state index contributed by atoms with van der Waals surface area (Å²) in [5.41, 5.74) is 6.44. The van der Waals surface area contributed by atoms with Gasteiger partial charge in [-0.1, -0.05) is 32.6 Å². The lowest BCUT2D eigenvalue weighted by molar-refractivity contribution is -0.172. The van der Waals surface area contributed by atoms with Crippen molar-refractivity contribution >= 4 is 62.2 Å². The van der Waals surface area contributed by atoms with Crippen LogP contribution in [0, 0.1) is 17.8 Å². The van der Waals surface area contributed by atoms with Gasteiger partial charge in [0.1, 0.15) is 31.9 Å². The van der Waals surface area contributed by atoms with Crippen LogP contribution in [-0.4, -0.2) is 245 Å². The summed E-state index contributed by atoms with van der Waals surface area (Å²) in [7, 11) is -3.47. The summed E-state index contributed by atoms with van der Waals surface area (Å²) in [6.45, 7) is 9.84. The van der Waals surface area contributed by atoms with E-state index in [1.54, 1.807) is 39.0 Å². The normalized spacial score (nSPS) is 14.7. The Kier molecular flexibility index (Phi) is 34.2. The van der Waals surface area contributed by atoms with Crippen molar-refractivity contribution in [2.75, 3.05) is 158 Å². The first-order chi connectivity index (χ1) is 49.7. The van der Waals surface area contributed by atoms with Crippen molar-refractivity contribution in [3.8, 4) is 34.7 Å². The number of aliphatic hydroxyl groups is 1. The first-order valence-electron chi connectivity index (χ1n) is 34.2. The summed E-state index contributed by atoms with van der Waals surface area (Å²) in [4.78, 5) is 118. The molecule has 3 aliphatic heterocycles. The number of cyclic esters (lactones) is 1. The average Bonchev–Trinajstić information content (AvgIpc) is 1.60.